The number of piperidine rings is 1. The van der Waals surface area contributed by atoms with Crippen LogP contribution in [-0.4, -0.2) is 35.3 Å². The van der Waals surface area contributed by atoms with E-state index < -0.39 is 23.3 Å². The van der Waals surface area contributed by atoms with Gasteiger partial charge in [-0.25, -0.2) is 4.68 Å². The topological polar surface area (TPSA) is 59.0 Å². The van der Waals surface area contributed by atoms with Gasteiger partial charge in [-0.2, -0.15) is 18.3 Å². The Morgan fingerprint density at radius 3 is 2.75 bits per heavy atom. The Bertz CT molecular complexity index is 801. The molecule has 1 aromatic heterocycles. The first-order valence-corrected chi connectivity index (χ1v) is 9.08. The maximum absolute atomic E-state index is 13.7. The molecule has 2 heterocycles. The van der Waals surface area contributed by atoms with Gasteiger partial charge in [0.15, 0.2) is 5.69 Å². The molecular formula is C19H24ClF3N4O. The molecule has 1 aliphatic rings. The Morgan fingerprint density at radius 2 is 2.11 bits per heavy atom. The van der Waals surface area contributed by atoms with E-state index in [4.69, 9.17) is 0 Å². The minimum Gasteiger partial charge on any atom is -0.352 e. The molecule has 2 N–H and O–H groups in total. The van der Waals surface area contributed by atoms with E-state index in [9.17, 15) is 18.0 Å². The number of carbonyl (C=O) groups is 1. The van der Waals surface area contributed by atoms with Gasteiger partial charge in [0, 0.05) is 6.54 Å². The highest BCUT2D eigenvalue weighted by Crippen LogP contribution is 2.34. The maximum atomic E-state index is 13.7. The Balaban J connectivity index is 0.00000280. The first-order chi connectivity index (χ1) is 12.9. The van der Waals surface area contributed by atoms with Crippen molar-refractivity contribution in [3.8, 4) is 5.69 Å². The van der Waals surface area contributed by atoms with Crippen LogP contribution in [0.5, 0.6) is 0 Å². The van der Waals surface area contributed by atoms with Gasteiger partial charge in [0.05, 0.1) is 17.4 Å². The molecule has 1 saturated heterocycles. The Hall–Kier alpha value is -2.06. The molecule has 0 spiro atoms. The van der Waals surface area contributed by atoms with Gasteiger partial charge in [0.2, 0.25) is 0 Å². The zero-order valence-corrected chi connectivity index (χ0v) is 16.4. The van der Waals surface area contributed by atoms with Gasteiger partial charge < -0.3 is 10.6 Å². The van der Waals surface area contributed by atoms with Crippen molar-refractivity contribution in [1.82, 2.24) is 20.4 Å². The van der Waals surface area contributed by atoms with Crippen LogP contribution >= 0.6 is 12.4 Å². The van der Waals surface area contributed by atoms with Crippen LogP contribution in [0, 0.1) is 12.8 Å². The fourth-order valence-corrected chi connectivity index (χ4v) is 3.43. The lowest BCUT2D eigenvalue weighted by molar-refractivity contribution is -0.143. The summed E-state index contributed by atoms with van der Waals surface area (Å²) in [4.78, 5) is 12.4. The van der Waals surface area contributed by atoms with Crippen molar-refractivity contribution in [3.63, 3.8) is 0 Å². The monoisotopic (exact) mass is 416 g/mol. The summed E-state index contributed by atoms with van der Waals surface area (Å²) in [5, 5.41) is 9.76. The molecule has 154 valence electrons. The minimum absolute atomic E-state index is 0. The van der Waals surface area contributed by atoms with Crippen LogP contribution in [0.4, 0.5) is 13.2 Å². The Kier molecular flexibility index (Phi) is 7.48. The van der Waals surface area contributed by atoms with Crippen molar-refractivity contribution >= 4 is 18.3 Å². The average molecular weight is 417 g/mol. The number of rotatable bonds is 5. The van der Waals surface area contributed by atoms with Crippen molar-refractivity contribution < 1.29 is 18.0 Å². The molecule has 0 radical (unpaired) electrons. The lowest BCUT2D eigenvalue weighted by Gasteiger charge is -2.22. The molecule has 3 rings (SSSR count). The quantitative estimate of drug-likeness (QED) is 0.780. The highest BCUT2D eigenvalue weighted by atomic mass is 35.5. The number of para-hydroxylation sites is 1. The molecular weight excluding hydrogens is 393 g/mol. The zero-order chi connectivity index (χ0) is 19.4. The fraction of sp³-hybridized carbons (Fsp3) is 0.474. The molecule has 0 aliphatic carbocycles. The maximum Gasteiger partial charge on any atom is 0.434 e. The predicted molar refractivity (Wildman–Crippen MR) is 103 cm³/mol. The smallest absolute Gasteiger partial charge is 0.352 e. The van der Waals surface area contributed by atoms with Crippen LogP contribution in [0.3, 0.4) is 0 Å². The largest absolute Gasteiger partial charge is 0.434 e. The van der Waals surface area contributed by atoms with Gasteiger partial charge in [0.25, 0.3) is 5.91 Å². The molecule has 1 amide bonds. The summed E-state index contributed by atoms with van der Waals surface area (Å²) >= 11 is 0. The van der Waals surface area contributed by atoms with E-state index in [0.29, 0.717) is 23.7 Å². The second kappa shape index (κ2) is 9.43. The van der Waals surface area contributed by atoms with Crippen molar-refractivity contribution in [3.05, 3.63) is 47.3 Å². The van der Waals surface area contributed by atoms with Gasteiger partial charge in [-0.15, -0.1) is 12.4 Å². The average Bonchev–Trinajstić information content (AvgIpc) is 3.08. The van der Waals surface area contributed by atoms with Gasteiger partial charge in [0.1, 0.15) is 0 Å². The lowest BCUT2D eigenvalue weighted by atomic mass is 9.96. The number of aromatic nitrogens is 2. The molecule has 1 fully saturated rings. The summed E-state index contributed by atoms with van der Waals surface area (Å²) in [5.41, 5.74) is -0.554. The number of benzene rings is 1. The lowest BCUT2D eigenvalue weighted by Crippen LogP contribution is -2.33. The number of alkyl halides is 3. The van der Waals surface area contributed by atoms with Gasteiger partial charge >= 0.3 is 6.18 Å². The standard InChI is InChI=1S/C19H23F3N4O.ClH/c1-13-5-2-3-7-16(13)26-17(19(20,21)22)15(12-25-26)18(27)24-10-8-14-6-4-9-23-11-14;/h2-3,5,7,12,14,23H,4,6,8-11H2,1H3,(H,24,27);1H. The fourth-order valence-electron chi connectivity index (χ4n) is 3.43. The second-order valence-corrected chi connectivity index (χ2v) is 6.86. The molecule has 1 atom stereocenters. The highest BCUT2D eigenvalue weighted by Gasteiger charge is 2.40. The first-order valence-electron chi connectivity index (χ1n) is 9.08. The summed E-state index contributed by atoms with van der Waals surface area (Å²) in [5.74, 6) is -0.304. The van der Waals surface area contributed by atoms with Crippen LogP contribution in [0.2, 0.25) is 0 Å². The normalized spacial score (nSPS) is 17.1. The van der Waals surface area contributed by atoms with Crippen LogP contribution < -0.4 is 10.6 Å². The van der Waals surface area contributed by atoms with Crippen LogP contribution in [0.15, 0.2) is 30.5 Å². The van der Waals surface area contributed by atoms with Crippen LogP contribution in [0.1, 0.15) is 40.9 Å². The molecule has 1 aliphatic heterocycles. The summed E-state index contributed by atoms with van der Waals surface area (Å²) in [6.07, 6.45) is -0.806. The van der Waals surface area contributed by atoms with E-state index in [1.807, 2.05) is 0 Å². The SMILES string of the molecule is Cc1ccccc1-n1ncc(C(=O)NCCC2CCCNC2)c1C(F)(F)F.Cl. The van der Waals surface area contributed by atoms with Gasteiger partial charge in [-0.05, 0) is 56.8 Å². The summed E-state index contributed by atoms with van der Waals surface area (Å²) < 4.78 is 41.9. The van der Waals surface area contributed by atoms with Crippen LogP contribution in [0.25, 0.3) is 5.69 Å². The molecule has 28 heavy (non-hydrogen) atoms. The molecule has 0 bridgehead atoms. The van der Waals surface area contributed by atoms with Gasteiger partial charge in [-0.3, -0.25) is 4.79 Å². The second-order valence-electron chi connectivity index (χ2n) is 6.86. The van der Waals surface area contributed by atoms with E-state index in [2.05, 4.69) is 15.7 Å². The van der Waals surface area contributed by atoms with Crippen molar-refractivity contribution in [1.29, 1.82) is 0 Å². The van der Waals surface area contributed by atoms with Crippen molar-refractivity contribution in [2.45, 2.75) is 32.4 Å². The summed E-state index contributed by atoms with van der Waals surface area (Å²) in [6, 6.07) is 6.63. The van der Waals surface area contributed by atoms with E-state index in [1.165, 1.54) is 0 Å². The number of hydrogen-bond donors (Lipinski definition) is 2. The molecule has 1 unspecified atom stereocenters. The van der Waals surface area contributed by atoms with Crippen molar-refractivity contribution in [2.75, 3.05) is 19.6 Å². The molecule has 5 nitrogen and oxygen atoms in total. The number of carbonyl (C=O) groups excluding carboxylic acids is 1. The van der Waals surface area contributed by atoms with Crippen molar-refractivity contribution in [2.24, 2.45) is 5.92 Å². The number of amides is 1. The molecule has 1 aromatic carbocycles. The first kappa shape index (κ1) is 22.2. The molecule has 2 aromatic rings. The number of aryl methyl sites for hydroxylation is 1. The van der Waals surface area contributed by atoms with E-state index >= 15 is 0 Å². The molecule has 0 saturated carbocycles. The third-order valence-electron chi connectivity index (χ3n) is 4.86. The van der Waals surface area contributed by atoms with E-state index in [0.717, 1.165) is 43.2 Å². The third kappa shape index (κ3) is 5.05. The number of hydrogen-bond acceptors (Lipinski definition) is 3. The van der Waals surface area contributed by atoms with Crippen LogP contribution in [-0.2, 0) is 6.18 Å². The third-order valence-corrected chi connectivity index (χ3v) is 4.86. The highest BCUT2D eigenvalue weighted by molar-refractivity contribution is 5.95. The zero-order valence-electron chi connectivity index (χ0n) is 15.6. The predicted octanol–water partition coefficient (Wildman–Crippen LogP) is 3.74. The Labute approximate surface area is 168 Å². The molecule has 9 heteroatoms. The van der Waals surface area contributed by atoms with Gasteiger partial charge in [-0.1, -0.05) is 18.2 Å². The summed E-state index contributed by atoms with van der Waals surface area (Å²) in [7, 11) is 0. The van der Waals surface area contributed by atoms with E-state index in [-0.39, 0.29) is 12.4 Å². The number of halogens is 4. The minimum atomic E-state index is -4.70. The number of nitrogens with zero attached hydrogens (tertiary/aromatic N) is 2. The van der Waals surface area contributed by atoms with E-state index in [1.54, 1.807) is 31.2 Å². The Morgan fingerprint density at radius 1 is 1.36 bits per heavy atom. The summed E-state index contributed by atoms with van der Waals surface area (Å²) in [6.45, 7) is 3.93. The number of nitrogens with one attached hydrogen (secondary N) is 2.